The van der Waals surface area contributed by atoms with Gasteiger partial charge in [-0.05, 0) is 24.6 Å². The Morgan fingerprint density at radius 3 is 2.65 bits per heavy atom. The number of halogens is 1. The van der Waals surface area contributed by atoms with Gasteiger partial charge in [0.1, 0.15) is 0 Å². The van der Waals surface area contributed by atoms with Crippen molar-refractivity contribution in [3.63, 3.8) is 0 Å². The van der Waals surface area contributed by atoms with E-state index in [0.29, 0.717) is 6.04 Å². The maximum Gasteiger partial charge on any atom is 0.0738 e. The summed E-state index contributed by atoms with van der Waals surface area (Å²) in [6, 6.07) is 8.64. The van der Waals surface area contributed by atoms with Crippen LogP contribution in [0.4, 0.5) is 0 Å². The Bertz CT molecular complexity index is 478. The molecule has 17 heavy (non-hydrogen) atoms. The van der Waals surface area contributed by atoms with Crippen LogP contribution in [0.1, 0.15) is 24.2 Å². The molecule has 2 rings (SSSR count). The first-order valence-corrected chi connectivity index (χ1v) is 6.28. The summed E-state index contributed by atoms with van der Waals surface area (Å²) in [5.41, 5.74) is 2.34. The van der Waals surface area contributed by atoms with Crippen LogP contribution in [0.5, 0.6) is 0 Å². The SMILES string of the molecule is CC(NCc1cnnn1C)c1ccc(Br)cc1. The molecule has 0 bridgehead atoms. The standard InChI is InChI=1S/C12H15BrN4/c1-9(10-3-5-11(13)6-4-10)14-7-12-8-15-16-17(12)2/h3-6,8-9,14H,7H2,1-2H3. The van der Waals surface area contributed by atoms with Gasteiger partial charge in [-0.25, -0.2) is 0 Å². The molecule has 1 heterocycles. The lowest BCUT2D eigenvalue weighted by molar-refractivity contribution is 0.546. The van der Waals surface area contributed by atoms with Gasteiger partial charge < -0.3 is 5.32 Å². The van der Waals surface area contributed by atoms with Gasteiger partial charge >= 0.3 is 0 Å². The van der Waals surface area contributed by atoms with E-state index in [1.165, 1.54) is 5.56 Å². The van der Waals surface area contributed by atoms with Crippen molar-refractivity contribution in [3.05, 3.63) is 46.2 Å². The molecule has 0 saturated carbocycles. The normalized spacial score (nSPS) is 12.6. The predicted octanol–water partition coefficient (Wildman–Crippen LogP) is 2.43. The molecule has 1 unspecified atom stereocenters. The van der Waals surface area contributed by atoms with E-state index in [9.17, 15) is 0 Å². The fraction of sp³-hybridized carbons (Fsp3) is 0.333. The van der Waals surface area contributed by atoms with Crippen LogP contribution in [0.3, 0.4) is 0 Å². The summed E-state index contributed by atoms with van der Waals surface area (Å²) in [5, 5.41) is 11.2. The van der Waals surface area contributed by atoms with E-state index in [1.54, 1.807) is 10.9 Å². The van der Waals surface area contributed by atoms with Crippen LogP contribution in [0.2, 0.25) is 0 Å². The van der Waals surface area contributed by atoms with Gasteiger partial charge in [0.25, 0.3) is 0 Å². The van der Waals surface area contributed by atoms with E-state index in [4.69, 9.17) is 0 Å². The summed E-state index contributed by atoms with van der Waals surface area (Å²) in [7, 11) is 1.90. The Labute approximate surface area is 109 Å². The van der Waals surface area contributed by atoms with Gasteiger partial charge in [-0.15, -0.1) is 5.10 Å². The van der Waals surface area contributed by atoms with Gasteiger partial charge in [0, 0.05) is 24.1 Å². The summed E-state index contributed by atoms with van der Waals surface area (Å²) < 4.78 is 2.88. The molecule has 1 atom stereocenters. The Balaban J connectivity index is 1.95. The Hall–Kier alpha value is -1.20. The van der Waals surface area contributed by atoms with E-state index in [2.05, 4.69) is 62.7 Å². The summed E-state index contributed by atoms with van der Waals surface area (Å²) in [6.07, 6.45) is 1.78. The predicted molar refractivity (Wildman–Crippen MR) is 70.4 cm³/mol. The van der Waals surface area contributed by atoms with E-state index < -0.39 is 0 Å². The smallest absolute Gasteiger partial charge is 0.0738 e. The number of rotatable bonds is 4. The van der Waals surface area contributed by atoms with E-state index in [0.717, 1.165) is 16.7 Å². The molecule has 4 nitrogen and oxygen atoms in total. The third-order valence-electron chi connectivity index (χ3n) is 2.77. The molecule has 1 aromatic heterocycles. The van der Waals surface area contributed by atoms with Crippen molar-refractivity contribution in [2.24, 2.45) is 7.05 Å². The third kappa shape index (κ3) is 3.14. The number of aromatic nitrogens is 3. The first-order chi connectivity index (χ1) is 8.16. The van der Waals surface area contributed by atoms with Crippen molar-refractivity contribution < 1.29 is 0 Å². The maximum atomic E-state index is 3.90. The molecule has 0 spiro atoms. The molecular formula is C12H15BrN4. The number of nitrogens with one attached hydrogen (secondary N) is 1. The van der Waals surface area contributed by atoms with Crippen molar-refractivity contribution >= 4 is 15.9 Å². The average molecular weight is 295 g/mol. The van der Waals surface area contributed by atoms with Gasteiger partial charge in [-0.1, -0.05) is 33.3 Å². The van der Waals surface area contributed by atoms with E-state index in [-0.39, 0.29) is 0 Å². The average Bonchev–Trinajstić information content (AvgIpc) is 2.73. The van der Waals surface area contributed by atoms with Gasteiger partial charge in [-0.3, -0.25) is 4.68 Å². The van der Waals surface area contributed by atoms with E-state index in [1.807, 2.05) is 7.05 Å². The molecule has 0 aliphatic heterocycles. The first-order valence-electron chi connectivity index (χ1n) is 5.49. The van der Waals surface area contributed by atoms with Gasteiger partial charge in [0.2, 0.25) is 0 Å². The van der Waals surface area contributed by atoms with Crippen molar-refractivity contribution in [3.8, 4) is 0 Å². The van der Waals surface area contributed by atoms with Gasteiger partial charge in [0.05, 0.1) is 11.9 Å². The zero-order valence-corrected chi connectivity index (χ0v) is 11.5. The van der Waals surface area contributed by atoms with Gasteiger partial charge in [0.15, 0.2) is 0 Å². The summed E-state index contributed by atoms with van der Waals surface area (Å²) in [5.74, 6) is 0. The minimum Gasteiger partial charge on any atom is -0.305 e. The Morgan fingerprint density at radius 2 is 2.06 bits per heavy atom. The lowest BCUT2D eigenvalue weighted by Gasteiger charge is -2.14. The summed E-state index contributed by atoms with van der Waals surface area (Å²) in [4.78, 5) is 0. The summed E-state index contributed by atoms with van der Waals surface area (Å²) in [6.45, 7) is 2.91. The molecule has 0 fully saturated rings. The lowest BCUT2D eigenvalue weighted by Crippen LogP contribution is -2.19. The van der Waals surface area contributed by atoms with Crippen LogP contribution >= 0.6 is 15.9 Å². The van der Waals surface area contributed by atoms with Crippen molar-refractivity contribution in [2.45, 2.75) is 19.5 Å². The number of benzene rings is 1. The van der Waals surface area contributed by atoms with Crippen LogP contribution in [-0.2, 0) is 13.6 Å². The second kappa shape index (κ2) is 5.42. The Kier molecular flexibility index (Phi) is 3.91. The molecule has 5 heteroatoms. The highest BCUT2D eigenvalue weighted by molar-refractivity contribution is 9.10. The van der Waals surface area contributed by atoms with Crippen molar-refractivity contribution in [2.75, 3.05) is 0 Å². The number of hydrogen-bond acceptors (Lipinski definition) is 3. The maximum absolute atomic E-state index is 3.90. The van der Waals surface area contributed by atoms with Crippen LogP contribution in [0.25, 0.3) is 0 Å². The van der Waals surface area contributed by atoms with Crippen LogP contribution in [0, 0.1) is 0 Å². The van der Waals surface area contributed by atoms with Crippen LogP contribution < -0.4 is 5.32 Å². The molecule has 0 aliphatic rings. The second-order valence-corrected chi connectivity index (χ2v) is 4.92. The van der Waals surface area contributed by atoms with Crippen molar-refractivity contribution in [1.82, 2.24) is 20.3 Å². The molecule has 0 saturated heterocycles. The minimum absolute atomic E-state index is 0.304. The monoisotopic (exact) mass is 294 g/mol. The number of hydrogen-bond donors (Lipinski definition) is 1. The molecular weight excluding hydrogens is 280 g/mol. The zero-order valence-electron chi connectivity index (χ0n) is 9.89. The fourth-order valence-electron chi connectivity index (χ4n) is 1.60. The fourth-order valence-corrected chi connectivity index (χ4v) is 1.86. The Morgan fingerprint density at radius 1 is 1.35 bits per heavy atom. The van der Waals surface area contributed by atoms with E-state index >= 15 is 0 Å². The largest absolute Gasteiger partial charge is 0.305 e. The number of aryl methyl sites for hydroxylation is 1. The molecule has 1 aromatic carbocycles. The molecule has 0 aliphatic carbocycles. The van der Waals surface area contributed by atoms with Crippen LogP contribution in [0.15, 0.2) is 34.9 Å². The lowest BCUT2D eigenvalue weighted by atomic mass is 10.1. The second-order valence-electron chi connectivity index (χ2n) is 4.00. The number of nitrogens with zero attached hydrogens (tertiary/aromatic N) is 3. The van der Waals surface area contributed by atoms with Crippen molar-refractivity contribution in [1.29, 1.82) is 0 Å². The minimum atomic E-state index is 0.304. The first kappa shape index (κ1) is 12.3. The molecule has 0 amide bonds. The van der Waals surface area contributed by atoms with Crippen LogP contribution in [-0.4, -0.2) is 15.0 Å². The highest BCUT2D eigenvalue weighted by atomic mass is 79.9. The molecule has 1 N–H and O–H groups in total. The van der Waals surface area contributed by atoms with Gasteiger partial charge in [-0.2, -0.15) is 0 Å². The zero-order chi connectivity index (χ0) is 12.3. The molecule has 0 radical (unpaired) electrons. The quantitative estimate of drug-likeness (QED) is 0.942. The highest BCUT2D eigenvalue weighted by Gasteiger charge is 2.06. The topological polar surface area (TPSA) is 42.7 Å². The molecule has 2 aromatic rings. The third-order valence-corrected chi connectivity index (χ3v) is 3.30. The highest BCUT2D eigenvalue weighted by Crippen LogP contribution is 2.16. The summed E-state index contributed by atoms with van der Waals surface area (Å²) >= 11 is 3.43. The molecule has 90 valence electrons.